The molecule has 0 unspecified atom stereocenters. The van der Waals surface area contributed by atoms with Gasteiger partial charge in [0.05, 0.1) is 0 Å². The lowest BCUT2D eigenvalue weighted by Crippen LogP contribution is -2.16. The van der Waals surface area contributed by atoms with Crippen LogP contribution in [-0.4, -0.2) is 11.8 Å². The summed E-state index contributed by atoms with van der Waals surface area (Å²) in [5.41, 5.74) is 0. The van der Waals surface area contributed by atoms with Gasteiger partial charge >= 0.3 is 0 Å². The third-order valence-electron chi connectivity index (χ3n) is 4.75. The van der Waals surface area contributed by atoms with Crippen LogP contribution in [0.25, 0.3) is 0 Å². The first-order valence-electron chi connectivity index (χ1n) is 9.80. The Morgan fingerprint density at radius 1 is 0.483 bits per heavy atom. The van der Waals surface area contributed by atoms with E-state index >= 15 is 0 Å². The maximum Gasteiger partial charge on any atom is -0.00211 e. The van der Waals surface area contributed by atoms with Crippen molar-refractivity contribution in [2.75, 3.05) is 11.8 Å². The van der Waals surface area contributed by atoms with Crippen molar-refractivity contribution in [2.45, 2.75) is 0 Å². The summed E-state index contributed by atoms with van der Waals surface area (Å²) in [7, 11) is 0.810. The van der Waals surface area contributed by atoms with Crippen LogP contribution in [0.2, 0.25) is 0 Å². The molecule has 0 aromatic heterocycles. The SMILES string of the molecule is c1ccc([P-]C[P@](CP(c2ccccc2)c2ccccc2)c2ccccc2)cc1. The zero-order valence-corrected chi connectivity index (χ0v) is 19.0. The molecule has 0 bridgehead atoms. The fraction of sp³-hybridized carbons (Fsp3) is 0.0769. The summed E-state index contributed by atoms with van der Waals surface area (Å²) in [5.74, 6) is 2.45. The topological polar surface area (TPSA) is 0 Å². The van der Waals surface area contributed by atoms with Gasteiger partial charge in [-0.1, -0.05) is 129 Å². The predicted molar refractivity (Wildman–Crippen MR) is 135 cm³/mol. The maximum atomic E-state index is 2.33. The van der Waals surface area contributed by atoms with Crippen LogP contribution < -0.4 is 21.2 Å². The normalized spacial score (nSPS) is 12.4. The van der Waals surface area contributed by atoms with Crippen molar-refractivity contribution in [2.24, 2.45) is 0 Å². The average molecular weight is 429 g/mol. The fourth-order valence-electron chi connectivity index (χ4n) is 3.25. The Bertz CT molecular complexity index is 934. The largest absolute Gasteiger partial charge is 0.501 e. The zero-order valence-electron chi connectivity index (χ0n) is 16.3. The first-order chi connectivity index (χ1) is 14.4. The van der Waals surface area contributed by atoms with E-state index in [9.17, 15) is 0 Å². The highest BCUT2D eigenvalue weighted by Crippen LogP contribution is 2.51. The van der Waals surface area contributed by atoms with E-state index in [1.807, 2.05) is 0 Å². The molecule has 0 N–H and O–H groups in total. The highest BCUT2D eigenvalue weighted by molar-refractivity contribution is 7.88. The molecule has 0 amide bonds. The second-order valence-electron chi connectivity index (χ2n) is 6.75. The van der Waals surface area contributed by atoms with Crippen molar-refractivity contribution in [3.05, 3.63) is 121 Å². The van der Waals surface area contributed by atoms with Gasteiger partial charge in [0.15, 0.2) is 0 Å². The molecule has 0 aliphatic heterocycles. The molecule has 0 radical (unpaired) electrons. The molecule has 4 aromatic rings. The van der Waals surface area contributed by atoms with E-state index in [4.69, 9.17) is 0 Å². The van der Waals surface area contributed by atoms with Crippen molar-refractivity contribution in [1.82, 2.24) is 0 Å². The van der Waals surface area contributed by atoms with Gasteiger partial charge in [0.2, 0.25) is 0 Å². The second-order valence-corrected chi connectivity index (χ2v) is 13.3. The minimum atomic E-state index is -0.370. The molecule has 1 atom stereocenters. The molecular weight excluding hydrogens is 405 g/mol. The molecule has 3 heteroatoms. The summed E-state index contributed by atoms with van der Waals surface area (Å²) in [6.45, 7) is 0. The summed E-state index contributed by atoms with van der Waals surface area (Å²) in [6, 6.07) is 44.3. The molecule has 0 heterocycles. The maximum absolute atomic E-state index is 2.33. The van der Waals surface area contributed by atoms with E-state index < -0.39 is 0 Å². The lowest BCUT2D eigenvalue weighted by Gasteiger charge is -2.31. The van der Waals surface area contributed by atoms with Gasteiger partial charge < -0.3 is 8.58 Å². The summed E-state index contributed by atoms with van der Waals surface area (Å²) < 4.78 is 0. The van der Waals surface area contributed by atoms with Crippen molar-refractivity contribution in [3.63, 3.8) is 0 Å². The highest BCUT2D eigenvalue weighted by atomic mass is 31.2. The molecule has 0 saturated heterocycles. The van der Waals surface area contributed by atoms with Gasteiger partial charge in [-0.2, -0.15) is 5.90 Å². The summed E-state index contributed by atoms with van der Waals surface area (Å²) in [4.78, 5) is 0. The summed E-state index contributed by atoms with van der Waals surface area (Å²) in [5, 5.41) is 5.90. The van der Waals surface area contributed by atoms with Crippen LogP contribution >= 0.6 is 24.4 Å². The van der Waals surface area contributed by atoms with Gasteiger partial charge in [0, 0.05) is 0 Å². The number of hydrogen-bond acceptors (Lipinski definition) is 0. The predicted octanol–water partition coefficient (Wildman–Crippen LogP) is 6.11. The smallest absolute Gasteiger partial charge is 0.00211 e. The van der Waals surface area contributed by atoms with Crippen LogP contribution in [0.3, 0.4) is 0 Å². The van der Waals surface area contributed by atoms with Gasteiger partial charge in [-0.25, -0.2) is 5.30 Å². The minimum absolute atomic E-state index is 0.250. The third-order valence-corrected chi connectivity index (χ3v) is 12.7. The highest BCUT2D eigenvalue weighted by Gasteiger charge is 2.18. The number of rotatable bonds is 8. The molecule has 144 valence electrons. The molecule has 29 heavy (non-hydrogen) atoms. The standard InChI is InChI=1S/C26H24P3/c1-5-13-23(14-6-1)27-21-28(24-15-7-2-8-16-24)22-29(25-17-9-3-10-18-25)26-19-11-4-12-20-26/h1-20H,21-22H2/q-1/t28-/m1/s1. The van der Waals surface area contributed by atoms with E-state index in [2.05, 4.69) is 121 Å². The second kappa shape index (κ2) is 10.8. The van der Waals surface area contributed by atoms with Crippen LogP contribution in [0.15, 0.2) is 121 Å². The van der Waals surface area contributed by atoms with Crippen LogP contribution in [-0.2, 0) is 0 Å². The Labute approximate surface area is 178 Å². The first kappa shape index (κ1) is 20.4. The van der Waals surface area contributed by atoms with E-state index in [0.29, 0.717) is 0 Å². The molecule has 0 nitrogen and oxygen atoms in total. The monoisotopic (exact) mass is 429 g/mol. The van der Waals surface area contributed by atoms with Gasteiger partial charge in [0.25, 0.3) is 0 Å². The Kier molecular flexibility index (Phi) is 7.62. The molecule has 4 rings (SSSR count). The molecule has 0 aliphatic carbocycles. The fourth-order valence-corrected chi connectivity index (χ4v) is 12.1. The van der Waals surface area contributed by atoms with Crippen LogP contribution in [0.4, 0.5) is 0 Å². The zero-order chi connectivity index (χ0) is 19.7. The lowest BCUT2D eigenvalue weighted by molar-refractivity contribution is 1.73. The minimum Gasteiger partial charge on any atom is -0.501 e. The van der Waals surface area contributed by atoms with Crippen molar-refractivity contribution in [1.29, 1.82) is 0 Å². The van der Waals surface area contributed by atoms with Crippen LogP contribution in [0.5, 0.6) is 0 Å². The molecular formula is C26H24P3-. The molecule has 0 fully saturated rings. The Morgan fingerprint density at radius 2 is 0.897 bits per heavy atom. The average Bonchev–Trinajstić information content (AvgIpc) is 2.82. The lowest BCUT2D eigenvalue weighted by atomic mass is 10.4. The third kappa shape index (κ3) is 5.84. The number of benzene rings is 4. The van der Waals surface area contributed by atoms with E-state index in [-0.39, 0.29) is 15.8 Å². The van der Waals surface area contributed by atoms with Gasteiger partial charge in [0.1, 0.15) is 0 Å². The van der Waals surface area contributed by atoms with E-state index in [1.54, 1.807) is 0 Å². The van der Waals surface area contributed by atoms with Crippen molar-refractivity contribution in [3.8, 4) is 0 Å². The summed E-state index contributed by atoms with van der Waals surface area (Å²) >= 11 is 0. The number of hydrogen-bond donors (Lipinski definition) is 0. The van der Waals surface area contributed by atoms with Crippen molar-refractivity contribution >= 4 is 45.6 Å². The van der Waals surface area contributed by atoms with Gasteiger partial charge in [-0.05, 0) is 29.7 Å². The van der Waals surface area contributed by atoms with E-state index in [0.717, 1.165) is 0 Å². The molecule has 0 aliphatic rings. The quantitative estimate of drug-likeness (QED) is 0.296. The molecule has 4 aromatic carbocycles. The Hall–Kier alpha value is -1.83. The molecule has 0 saturated carbocycles. The van der Waals surface area contributed by atoms with E-state index in [1.165, 1.54) is 41.6 Å². The van der Waals surface area contributed by atoms with Crippen molar-refractivity contribution < 1.29 is 0 Å². The Balaban J connectivity index is 1.63. The molecule has 0 spiro atoms. The summed E-state index contributed by atoms with van der Waals surface area (Å²) in [6.07, 6.45) is 0. The van der Waals surface area contributed by atoms with Gasteiger partial charge in [-0.15, -0.1) is 0 Å². The Morgan fingerprint density at radius 3 is 1.38 bits per heavy atom. The van der Waals surface area contributed by atoms with Crippen LogP contribution in [0, 0.1) is 0 Å². The van der Waals surface area contributed by atoms with Crippen LogP contribution in [0.1, 0.15) is 0 Å². The van der Waals surface area contributed by atoms with Gasteiger partial charge in [-0.3, -0.25) is 0 Å². The first-order valence-corrected chi connectivity index (χ1v) is 14.1.